The molecule has 2 aliphatic rings. The fourth-order valence-electron chi connectivity index (χ4n) is 5.33. The number of aryl methyl sites for hydroxylation is 1. The Morgan fingerprint density at radius 3 is 2.75 bits per heavy atom. The number of anilines is 1. The smallest absolute Gasteiger partial charge is 0.274 e. The van der Waals surface area contributed by atoms with Gasteiger partial charge in [0.15, 0.2) is 5.13 Å². The van der Waals surface area contributed by atoms with E-state index < -0.39 is 5.82 Å². The van der Waals surface area contributed by atoms with Crippen molar-refractivity contribution in [3.63, 3.8) is 0 Å². The Kier molecular flexibility index (Phi) is 5.29. The molecule has 2 aromatic carbocycles. The Morgan fingerprint density at radius 2 is 1.94 bits per heavy atom. The van der Waals surface area contributed by atoms with Crippen LogP contribution in [0.25, 0.3) is 21.3 Å². The molecule has 7 nitrogen and oxygen atoms in total. The molecular formula is C26H23F2N5O2S. The first kappa shape index (κ1) is 22.7. The number of benzene rings is 2. The Bertz CT molecular complexity index is 1530. The molecular weight excluding hydrogens is 484 g/mol. The second-order valence-electron chi connectivity index (χ2n) is 9.41. The molecule has 0 spiro atoms. The number of piperidine rings is 1. The summed E-state index contributed by atoms with van der Waals surface area (Å²) in [6, 6.07) is 12.0. The van der Waals surface area contributed by atoms with E-state index in [1.165, 1.54) is 24.3 Å². The van der Waals surface area contributed by atoms with Crippen molar-refractivity contribution in [2.75, 3.05) is 12.3 Å². The third kappa shape index (κ3) is 3.81. The zero-order chi connectivity index (χ0) is 25.1. The molecule has 3 atom stereocenters. The lowest BCUT2D eigenvalue weighted by Gasteiger charge is -2.27. The van der Waals surface area contributed by atoms with Crippen molar-refractivity contribution >= 4 is 39.2 Å². The highest BCUT2D eigenvalue weighted by molar-refractivity contribution is 7.19. The van der Waals surface area contributed by atoms with E-state index >= 15 is 0 Å². The molecule has 0 radical (unpaired) electrons. The van der Waals surface area contributed by atoms with E-state index in [1.54, 1.807) is 40.8 Å². The number of carbonyl (C=O) groups excluding carboxylic acids is 2. The monoisotopic (exact) mass is 507 g/mol. The van der Waals surface area contributed by atoms with Crippen molar-refractivity contribution in [2.24, 2.45) is 13.0 Å². The van der Waals surface area contributed by atoms with Crippen molar-refractivity contribution < 1.29 is 18.4 Å². The molecule has 2 aromatic heterocycles. The number of fused-ring (bicyclic) bond motifs is 2. The zero-order valence-corrected chi connectivity index (χ0v) is 20.2. The molecule has 2 unspecified atom stereocenters. The van der Waals surface area contributed by atoms with Crippen LogP contribution in [0, 0.1) is 17.6 Å². The van der Waals surface area contributed by atoms with E-state index in [9.17, 15) is 18.4 Å². The highest BCUT2D eigenvalue weighted by Gasteiger charge is 2.54. The lowest BCUT2D eigenvalue weighted by molar-refractivity contribution is 0.0684. The molecule has 184 valence electrons. The van der Waals surface area contributed by atoms with E-state index in [1.807, 2.05) is 0 Å². The summed E-state index contributed by atoms with van der Waals surface area (Å²) in [7, 11) is 1.76. The number of aromatic nitrogens is 2. The summed E-state index contributed by atoms with van der Waals surface area (Å²) in [5, 5.41) is 3.84. The summed E-state index contributed by atoms with van der Waals surface area (Å²) < 4.78 is 29.2. The van der Waals surface area contributed by atoms with Crippen molar-refractivity contribution in [2.45, 2.75) is 24.9 Å². The predicted octanol–water partition coefficient (Wildman–Crippen LogP) is 4.20. The number of nitrogens with one attached hydrogen (secondary N) is 1. The van der Waals surface area contributed by atoms with Crippen LogP contribution in [0.5, 0.6) is 0 Å². The van der Waals surface area contributed by atoms with Crippen LogP contribution < -0.4 is 11.1 Å². The average molecular weight is 508 g/mol. The van der Waals surface area contributed by atoms with Crippen molar-refractivity contribution in [1.29, 1.82) is 0 Å². The number of likely N-dealkylation sites (tertiary alicyclic amines) is 1. The fraction of sp³-hybridized carbons (Fsp3) is 0.269. The Morgan fingerprint density at radius 1 is 1.14 bits per heavy atom. The van der Waals surface area contributed by atoms with Crippen LogP contribution in [0.4, 0.5) is 13.9 Å². The average Bonchev–Trinajstić information content (AvgIpc) is 3.18. The van der Waals surface area contributed by atoms with E-state index in [2.05, 4.69) is 10.3 Å². The van der Waals surface area contributed by atoms with E-state index in [0.717, 1.165) is 29.7 Å². The standard InChI is InChI=1S/C26H23F2N5O2S/c1-32-19-6-5-17(28)8-14(19)11-21(32)24(34)30-12-18-9-15-10-20(15)33(18)25(35)22-23(36-26(29)31-22)13-3-2-4-16(27)7-13/h2-8,11,15,18,20H,9-10,12H2,1H3,(H2,29,31)(H,30,34)/t15?,18-,20?/m0/s1. The number of halogens is 2. The first-order chi connectivity index (χ1) is 17.3. The SMILES string of the molecule is Cn1c(C(=O)NC[C@@H]2CC3CC3N2C(=O)c2nc(N)sc2-c2cccc(F)c2)cc2cc(F)ccc21. The lowest BCUT2D eigenvalue weighted by atomic mass is 10.1. The van der Waals surface area contributed by atoms with Gasteiger partial charge in [-0.3, -0.25) is 9.59 Å². The van der Waals surface area contributed by atoms with E-state index in [-0.39, 0.29) is 47.1 Å². The topological polar surface area (TPSA) is 93.2 Å². The zero-order valence-electron chi connectivity index (χ0n) is 19.4. The number of nitrogen functional groups attached to an aromatic ring is 1. The van der Waals surface area contributed by atoms with Gasteiger partial charge in [0.2, 0.25) is 0 Å². The molecule has 3 N–H and O–H groups in total. The van der Waals surface area contributed by atoms with Crippen molar-refractivity contribution in [1.82, 2.24) is 19.8 Å². The maximum Gasteiger partial charge on any atom is 0.274 e. The van der Waals surface area contributed by atoms with Crippen molar-refractivity contribution in [3.8, 4) is 10.4 Å². The Balaban J connectivity index is 1.22. The quantitative estimate of drug-likeness (QED) is 0.424. The van der Waals surface area contributed by atoms with Gasteiger partial charge in [-0.2, -0.15) is 0 Å². The van der Waals surface area contributed by atoms with Gasteiger partial charge in [0, 0.05) is 30.5 Å². The predicted molar refractivity (Wildman–Crippen MR) is 134 cm³/mol. The molecule has 1 saturated heterocycles. The van der Waals surface area contributed by atoms with Crippen LogP contribution in [-0.2, 0) is 7.05 Å². The van der Waals surface area contributed by atoms with Gasteiger partial charge in [0.25, 0.3) is 11.8 Å². The maximum atomic E-state index is 13.9. The molecule has 2 fully saturated rings. The second kappa shape index (κ2) is 8.41. The lowest BCUT2D eigenvalue weighted by Crippen LogP contribution is -2.45. The largest absolute Gasteiger partial charge is 0.375 e. The molecule has 1 aliphatic heterocycles. The third-order valence-electron chi connectivity index (χ3n) is 7.11. The van der Waals surface area contributed by atoms with Gasteiger partial charge < -0.3 is 20.5 Å². The summed E-state index contributed by atoms with van der Waals surface area (Å²) in [6.45, 7) is 0.280. The summed E-state index contributed by atoms with van der Waals surface area (Å²) in [6.07, 6.45) is 1.70. The van der Waals surface area contributed by atoms with Gasteiger partial charge in [-0.25, -0.2) is 13.8 Å². The number of nitrogens with two attached hydrogens (primary N) is 1. The van der Waals surface area contributed by atoms with Crippen molar-refractivity contribution in [3.05, 3.63) is 71.6 Å². The minimum Gasteiger partial charge on any atom is -0.375 e. The number of amides is 2. The molecule has 10 heteroatoms. The van der Waals surface area contributed by atoms with Crippen LogP contribution in [-0.4, -0.2) is 44.9 Å². The molecule has 6 rings (SSSR count). The number of hydrogen-bond acceptors (Lipinski definition) is 5. The first-order valence-electron chi connectivity index (χ1n) is 11.7. The summed E-state index contributed by atoms with van der Waals surface area (Å²) in [5.41, 5.74) is 7.88. The Hall–Kier alpha value is -3.79. The van der Waals surface area contributed by atoms with Crippen LogP contribution in [0.3, 0.4) is 0 Å². The van der Waals surface area contributed by atoms with Crippen LogP contribution in [0.2, 0.25) is 0 Å². The molecule has 1 saturated carbocycles. The minimum absolute atomic E-state index is 0.100. The third-order valence-corrected chi connectivity index (χ3v) is 8.05. The highest BCUT2D eigenvalue weighted by Crippen LogP contribution is 2.49. The van der Waals surface area contributed by atoms with Gasteiger partial charge >= 0.3 is 0 Å². The maximum absolute atomic E-state index is 13.9. The fourth-order valence-corrected chi connectivity index (χ4v) is 6.15. The summed E-state index contributed by atoms with van der Waals surface area (Å²) in [5.74, 6) is -0.922. The number of carbonyl (C=O) groups is 2. The summed E-state index contributed by atoms with van der Waals surface area (Å²) >= 11 is 1.15. The van der Waals surface area contributed by atoms with Gasteiger partial charge in [0.1, 0.15) is 23.0 Å². The van der Waals surface area contributed by atoms with Gasteiger partial charge in [-0.15, -0.1) is 0 Å². The van der Waals surface area contributed by atoms with Crippen LogP contribution in [0.1, 0.15) is 33.8 Å². The Labute approximate surface area is 209 Å². The number of rotatable bonds is 5. The van der Waals surface area contributed by atoms with Crippen LogP contribution in [0.15, 0.2) is 48.5 Å². The second-order valence-corrected chi connectivity index (χ2v) is 10.4. The molecule has 4 aromatic rings. The van der Waals surface area contributed by atoms with E-state index in [0.29, 0.717) is 27.4 Å². The van der Waals surface area contributed by atoms with Gasteiger partial charge in [0.05, 0.1) is 10.9 Å². The van der Waals surface area contributed by atoms with Gasteiger partial charge in [-0.05, 0) is 60.7 Å². The molecule has 3 heterocycles. The number of thiazole rings is 1. The molecule has 1 aliphatic carbocycles. The summed E-state index contributed by atoms with van der Waals surface area (Å²) in [4.78, 5) is 33.3. The van der Waals surface area contributed by atoms with Crippen LogP contribution >= 0.6 is 11.3 Å². The molecule has 2 amide bonds. The highest BCUT2D eigenvalue weighted by atomic mass is 32.1. The van der Waals surface area contributed by atoms with E-state index in [4.69, 9.17) is 5.73 Å². The molecule has 36 heavy (non-hydrogen) atoms. The number of nitrogens with zero attached hydrogens (tertiary/aromatic N) is 3. The first-order valence-corrected chi connectivity index (χ1v) is 12.5. The van der Waals surface area contributed by atoms with Gasteiger partial charge in [-0.1, -0.05) is 23.5 Å². The molecule has 0 bridgehead atoms. The normalized spacial score (nSPS) is 20.5. The minimum atomic E-state index is -0.405. The number of hydrogen-bond donors (Lipinski definition) is 2.